The van der Waals surface area contributed by atoms with E-state index in [1.54, 1.807) is 12.1 Å². The van der Waals surface area contributed by atoms with Crippen molar-refractivity contribution < 1.29 is 4.42 Å². The third kappa shape index (κ3) is 1.75. The first-order valence-corrected chi connectivity index (χ1v) is 4.62. The van der Waals surface area contributed by atoms with E-state index in [1.165, 1.54) is 0 Å². The molecule has 0 amide bonds. The number of benzene rings is 1. The highest BCUT2D eigenvalue weighted by atomic mass is 16.4. The summed E-state index contributed by atoms with van der Waals surface area (Å²) < 4.78 is 5.49. The standard InChI is InChI=1S/C12H10N2O/c1-8-9(2)15-12(14-8)10-4-6-11(13-3)7-5-10/h4-7H,1-2H3. The summed E-state index contributed by atoms with van der Waals surface area (Å²) in [6, 6.07) is 7.21. The molecule has 1 aromatic carbocycles. The summed E-state index contributed by atoms with van der Waals surface area (Å²) in [6.45, 7) is 10.6. The predicted octanol–water partition coefficient (Wildman–Crippen LogP) is 3.51. The van der Waals surface area contributed by atoms with Gasteiger partial charge < -0.3 is 4.42 Å². The quantitative estimate of drug-likeness (QED) is 0.656. The SMILES string of the molecule is [C-]#[N+]c1ccc(-c2nc(C)c(C)o2)cc1. The molecule has 0 N–H and O–H groups in total. The van der Waals surface area contributed by atoms with E-state index >= 15 is 0 Å². The van der Waals surface area contributed by atoms with Crippen molar-refractivity contribution in [3.8, 4) is 11.5 Å². The van der Waals surface area contributed by atoms with Gasteiger partial charge in [-0.2, -0.15) is 0 Å². The summed E-state index contributed by atoms with van der Waals surface area (Å²) in [6.07, 6.45) is 0. The second-order valence-corrected chi connectivity index (χ2v) is 3.32. The van der Waals surface area contributed by atoms with E-state index in [1.807, 2.05) is 26.0 Å². The molecule has 15 heavy (non-hydrogen) atoms. The highest BCUT2D eigenvalue weighted by Crippen LogP contribution is 2.23. The molecule has 0 radical (unpaired) electrons. The summed E-state index contributed by atoms with van der Waals surface area (Å²) in [4.78, 5) is 7.62. The van der Waals surface area contributed by atoms with Crippen molar-refractivity contribution in [3.63, 3.8) is 0 Å². The zero-order valence-corrected chi connectivity index (χ0v) is 8.61. The van der Waals surface area contributed by atoms with Crippen molar-refractivity contribution in [3.05, 3.63) is 47.1 Å². The maximum absolute atomic E-state index is 6.84. The van der Waals surface area contributed by atoms with Crippen LogP contribution in [0.25, 0.3) is 16.3 Å². The largest absolute Gasteiger partial charge is 0.441 e. The zero-order chi connectivity index (χ0) is 10.8. The molecular formula is C12H10N2O. The first-order chi connectivity index (χ1) is 7.20. The molecule has 0 unspecified atom stereocenters. The van der Waals surface area contributed by atoms with Crippen LogP contribution in [0.5, 0.6) is 0 Å². The fraction of sp³-hybridized carbons (Fsp3) is 0.167. The Morgan fingerprint density at radius 3 is 2.33 bits per heavy atom. The number of aryl methyl sites for hydroxylation is 2. The van der Waals surface area contributed by atoms with Crippen LogP contribution in [-0.4, -0.2) is 4.98 Å². The monoisotopic (exact) mass is 198 g/mol. The van der Waals surface area contributed by atoms with Crippen molar-refractivity contribution in [2.75, 3.05) is 0 Å². The summed E-state index contributed by atoms with van der Waals surface area (Å²) >= 11 is 0. The number of aromatic nitrogens is 1. The Hall–Kier alpha value is -2.08. The maximum Gasteiger partial charge on any atom is 0.226 e. The molecule has 0 spiro atoms. The fourth-order valence-corrected chi connectivity index (χ4v) is 1.27. The fourth-order valence-electron chi connectivity index (χ4n) is 1.27. The van der Waals surface area contributed by atoms with E-state index in [-0.39, 0.29) is 0 Å². The molecule has 0 aliphatic heterocycles. The number of nitrogens with zero attached hydrogens (tertiary/aromatic N) is 2. The van der Waals surface area contributed by atoms with Crippen molar-refractivity contribution in [2.45, 2.75) is 13.8 Å². The van der Waals surface area contributed by atoms with Crippen LogP contribution in [-0.2, 0) is 0 Å². The minimum atomic E-state index is 0.613. The van der Waals surface area contributed by atoms with Gasteiger partial charge in [-0.15, -0.1) is 0 Å². The van der Waals surface area contributed by atoms with Crippen molar-refractivity contribution in [2.24, 2.45) is 0 Å². The van der Waals surface area contributed by atoms with Gasteiger partial charge >= 0.3 is 0 Å². The van der Waals surface area contributed by atoms with Crippen LogP contribution >= 0.6 is 0 Å². The Labute approximate surface area is 88.2 Å². The molecule has 0 saturated heterocycles. The van der Waals surface area contributed by atoms with Crippen LogP contribution in [0.2, 0.25) is 0 Å². The first-order valence-electron chi connectivity index (χ1n) is 4.62. The van der Waals surface area contributed by atoms with Crippen LogP contribution < -0.4 is 0 Å². The lowest BCUT2D eigenvalue weighted by Gasteiger charge is -1.94. The molecule has 0 atom stereocenters. The van der Waals surface area contributed by atoms with E-state index in [9.17, 15) is 0 Å². The van der Waals surface area contributed by atoms with Gasteiger partial charge in [0.1, 0.15) is 5.76 Å². The van der Waals surface area contributed by atoms with E-state index in [0.717, 1.165) is 17.0 Å². The van der Waals surface area contributed by atoms with Crippen LogP contribution in [0.15, 0.2) is 28.7 Å². The Bertz CT molecular complexity index is 498. The van der Waals surface area contributed by atoms with Crippen LogP contribution in [0.4, 0.5) is 5.69 Å². The average molecular weight is 198 g/mol. The normalized spacial score (nSPS) is 9.93. The molecule has 0 saturated carbocycles. The van der Waals surface area contributed by atoms with Crippen molar-refractivity contribution >= 4 is 5.69 Å². The van der Waals surface area contributed by atoms with Crippen molar-refractivity contribution in [1.29, 1.82) is 0 Å². The Balaban J connectivity index is 2.42. The highest BCUT2D eigenvalue weighted by Gasteiger charge is 2.07. The summed E-state index contributed by atoms with van der Waals surface area (Å²) in [5.41, 5.74) is 2.43. The minimum Gasteiger partial charge on any atom is -0.441 e. The lowest BCUT2D eigenvalue weighted by atomic mass is 10.2. The Morgan fingerprint density at radius 2 is 1.87 bits per heavy atom. The van der Waals surface area contributed by atoms with Gasteiger partial charge in [0.2, 0.25) is 5.89 Å². The molecule has 0 aliphatic carbocycles. The van der Waals surface area contributed by atoms with Crippen LogP contribution in [0.1, 0.15) is 11.5 Å². The smallest absolute Gasteiger partial charge is 0.226 e. The molecule has 2 aromatic rings. The minimum absolute atomic E-state index is 0.613. The number of hydrogen-bond acceptors (Lipinski definition) is 2. The molecule has 0 aliphatic rings. The lowest BCUT2D eigenvalue weighted by molar-refractivity contribution is 0.541. The molecule has 2 rings (SSSR count). The number of rotatable bonds is 1. The summed E-state index contributed by atoms with van der Waals surface area (Å²) in [5.74, 6) is 1.45. The summed E-state index contributed by atoms with van der Waals surface area (Å²) in [7, 11) is 0. The van der Waals surface area contributed by atoms with E-state index in [2.05, 4.69) is 9.83 Å². The molecule has 0 fully saturated rings. The molecule has 3 nitrogen and oxygen atoms in total. The van der Waals surface area contributed by atoms with Gasteiger partial charge in [-0.1, -0.05) is 24.3 Å². The van der Waals surface area contributed by atoms with Gasteiger partial charge in [0.05, 0.1) is 12.3 Å². The molecule has 3 heteroatoms. The molecule has 1 aromatic heterocycles. The van der Waals surface area contributed by atoms with Gasteiger partial charge in [0.25, 0.3) is 0 Å². The molecule has 74 valence electrons. The van der Waals surface area contributed by atoms with Gasteiger partial charge in [-0.3, -0.25) is 0 Å². The van der Waals surface area contributed by atoms with Gasteiger partial charge in [0.15, 0.2) is 5.69 Å². The Morgan fingerprint density at radius 1 is 1.20 bits per heavy atom. The predicted molar refractivity (Wildman–Crippen MR) is 57.7 cm³/mol. The zero-order valence-electron chi connectivity index (χ0n) is 8.61. The van der Waals surface area contributed by atoms with E-state index < -0.39 is 0 Å². The third-order valence-corrected chi connectivity index (χ3v) is 2.27. The van der Waals surface area contributed by atoms with Gasteiger partial charge in [-0.05, 0) is 13.8 Å². The van der Waals surface area contributed by atoms with Crippen molar-refractivity contribution in [1.82, 2.24) is 4.98 Å². The molecule has 0 bridgehead atoms. The van der Waals surface area contributed by atoms with Gasteiger partial charge in [0, 0.05) is 5.56 Å². The second kappa shape index (κ2) is 3.58. The first kappa shape index (κ1) is 9.47. The third-order valence-electron chi connectivity index (χ3n) is 2.27. The van der Waals surface area contributed by atoms with Gasteiger partial charge in [-0.25, -0.2) is 9.83 Å². The van der Waals surface area contributed by atoms with E-state index in [4.69, 9.17) is 11.0 Å². The highest BCUT2D eigenvalue weighted by molar-refractivity contribution is 5.59. The second-order valence-electron chi connectivity index (χ2n) is 3.32. The molecule has 1 heterocycles. The van der Waals surface area contributed by atoms with Crippen LogP contribution in [0.3, 0.4) is 0 Å². The Kier molecular flexibility index (Phi) is 2.26. The molecular weight excluding hydrogens is 188 g/mol. The average Bonchev–Trinajstić information content (AvgIpc) is 2.59. The van der Waals surface area contributed by atoms with Crippen LogP contribution in [0, 0.1) is 20.4 Å². The lowest BCUT2D eigenvalue weighted by Crippen LogP contribution is -1.76. The summed E-state index contributed by atoms with van der Waals surface area (Å²) in [5, 5.41) is 0. The number of hydrogen-bond donors (Lipinski definition) is 0. The maximum atomic E-state index is 6.84. The number of oxazole rings is 1. The van der Waals surface area contributed by atoms with E-state index in [0.29, 0.717) is 11.6 Å². The topological polar surface area (TPSA) is 30.4 Å².